The first-order valence-electron chi connectivity index (χ1n) is 4.83. The van der Waals surface area contributed by atoms with Crippen molar-refractivity contribution in [1.82, 2.24) is 0 Å². The van der Waals surface area contributed by atoms with E-state index in [1.54, 1.807) is 12.1 Å². The molecule has 0 aliphatic heterocycles. The van der Waals surface area contributed by atoms with E-state index in [0.717, 1.165) is 0 Å². The normalized spacial score (nSPS) is 10.4. The zero-order valence-electron chi connectivity index (χ0n) is 9.08. The molecule has 0 aliphatic rings. The van der Waals surface area contributed by atoms with E-state index in [-0.39, 0.29) is 23.6 Å². The van der Waals surface area contributed by atoms with E-state index in [4.69, 9.17) is 11.6 Å². The topological polar surface area (TPSA) is 35.5 Å². The monoisotopic (exact) mass is 264 g/mol. The molecule has 1 rings (SSSR count). The highest BCUT2D eigenvalue weighted by molar-refractivity contribution is 6.32. The predicted molar refractivity (Wildman–Crippen MR) is 58.4 cm³/mol. The van der Waals surface area contributed by atoms with Crippen LogP contribution in [0.1, 0.15) is 12.0 Å². The quantitative estimate of drug-likeness (QED) is 0.767. The third kappa shape index (κ3) is 4.19. The fourth-order valence-electron chi connectivity index (χ4n) is 1.31. The van der Waals surface area contributed by atoms with Gasteiger partial charge in [-0.1, -0.05) is 23.7 Å². The Morgan fingerprint density at radius 3 is 2.76 bits per heavy atom. The summed E-state index contributed by atoms with van der Waals surface area (Å²) >= 11 is 5.75. The number of hydrogen-bond donors (Lipinski definition) is 0. The Balaban J connectivity index is 2.82. The van der Waals surface area contributed by atoms with Crippen LogP contribution >= 0.6 is 11.6 Å². The third-order valence-corrected chi connectivity index (χ3v) is 2.38. The lowest BCUT2D eigenvalue weighted by Gasteiger charge is -2.11. The third-order valence-electron chi connectivity index (χ3n) is 2.08. The molecule has 0 bridgehead atoms. The number of para-hydroxylation sites is 1. The number of rotatable bonds is 5. The molecule has 1 aromatic carbocycles. The molecule has 0 spiro atoms. The first kappa shape index (κ1) is 13.7. The largest absolute Gasteiger partial charge is 0.469 e. The maximum absolute atomic E-state index is 12.2. The number of methoxy groups -OCH3 is 1. The lowest BCUT2D eigenvalue weighted by molar-refractivity contribution is -0.140. The van der Waals surface area contributed by atoms with E-state index >= 15 is 0 Å². The van der Waals surface area contributed by atoms with Gasteiger partial charge in [0.2, 0.25) is 0 Å². The molecule has 0 atom stereocenters. The van der Waals surface area contributed by atoms with Gasteiger partial charge in [0.25, 0.3) is 0 Å². The molecule has 0 unspecified atom stereocenters. The van der Waals surface area contributed by atoms with Crippen molar-refractivity contribution in [3.63, 3.8) is 0 Å². The summed E-state index contributed by atoms with van der Waals surface area (Å²) in [5.41, 5.74) is 0.447. The van der Waals surface area contributed by atoms with Gasteiger partial charge in [-0.25, -0.2) is 0 Å². The highest BCUT2D eigenvalue weighted by atomic mass is 35.5. The molecule has 0 amide bonds. The molecular weight excluding hydrogens is 254 g/mol. The van der Waals surface area contributed by atoms with Crippen LogP contribution in [0.3, 0.4) is 0 Å². The van der Waals surface area contributed by atoms with E-state index < -0.39 is 12.6 Å². The average molecular weight is 265 g/mol. The lowest BCUT2D eigenvalue weighted by Crippen LogP contribution is -2.07. The zero-order chi connectivity index (χ0) is 12.8. The van der Waals surface area contributed by atoms with Gasteiger partial charge in [-0.3, -0.25) is 4.79 Å². The second kappa shape index (κ2) is 6.39. The van der Waals surface area contributed by atoms with Crippen LogP contribution in [0.5, 0.6) is 5.75 Å². The Kier molecular flexibility index (Phi) is 5.15. The van der Waals surface area contributed by atoms with E-state index in [9.17, 15) is 13.6 Å². The molecule has 3 nitrogen and oxygen atoms in total. The van der Waals surface area contributed by atoms with Crippen molar-refractivity contribution < 1.29 is 23.0 Å². The second-order valence-corrected chi connectivity index (χ2v) is 3.59. The Labute approximate surface area is 102 Å². The Morgan fingerprint density at radius 2 is 2.18 bits per heavy atom. The summed E-state index contributed by atoms with van der Waals surface area (Å²) in [6, 6.07) is 4.63. The summed E-state index contributed by atoms with van der Waals surface area (Å²) in [4.78, 5) is 11.0. The van der Waals surface area contributed by atoms with E-state index in [1.165, 1.54) is 13.2 Å². The van der Waals surface area contributed by atoms with Crippen molar-refractivity contribution in [3.8, 4) is 5.75 Å². The van der Waals surface area contributed by atoms with Gasteiger partial charge in [0.05, 0.1) is 12.1 Å². The van der Waals surface area contributed by atoms with E-state index in [2.05, 4.69) is 9.47 Å². The van der Waals surface area contributed by atoms with Crippen molar-refractivity contribution >= 4 is 17.6 Å². The van der Waals surface area contributed by atoms with Gasteiger partial charge in [0.15, 0.2) is 0 Å². The number of halogens is 3. The molecule has 94 valence electrons. The molecule has 0 heterocycles. The number of aryl methyl sites for hydroxylation is 1. The molecule has 0 radical (unpaired) electrons. The van der Waals surface area contributed by atoms with Crippen LogP contribution in [0.25, 0.3) is 0 Å². The van der Waals surface area contributed by atoms with E-state index in [0.29, 0.717) is 5.56 Å². The molecule has 0 saturated carbocycles. The van der Waals surface area contributed by atoms with Gasteiger partial charge in [0, 0.05) is 6.42 Å². The fraction of sp³-hybridized carbons (Fsp3) is 0.364. The first-order chi connectivity index (χ1) is 8.04. The van der Waals surface area contributed by atoms with Gasteiger partial charge in [-0.15, -0.1) is 0 Å². The van der Waals surface area contributed by atoms with Crippen LogP contribution in [0.4, 0.5) is 8.78 Å². The summed E-state index contributed by atoms with van der Waals surface area (Å²) < 4.78 is 33.1. The molecule has 0 N–H and O–H groups in total. The summed E-state index contributed by atoms with van der Waals surface area (Å²) in [7, 11) is 1.26. The Morgan fingerprint density at radius 1 is 1.47 bits per heavy atom. The van der Waals surface area contributed by atoms with Crippen LogP contribution in [0.2, 0.25) is 5.02 Å². The average Bonchev–Trinajstić information content (AvgIpc) is 2.29. The molecule has 6 heteroatoms. The van der Waals surface area contributed by atoms with Gasteiger partial charge in [-0.05, 0) is 18.1 Å². The molecule has 0 aliphatic carbocycles. The van der Waals surface area contributed by atoms with Crippen LogP contribution in [-0.2, 0) is 16.0 Å². The van der Waals surface area contributed by atoms with Crippen LogP contribution in [0, 0.1) is 0 Å². The minimum atomic E-state index is -2.95. The van der Waals surface area contributed by atoms with Crippen LogP contribution in [0.15, 0.2) is 18.2 Å². The molecule has 1 aromatic rings. The minimum Gasteiger partial charge on any atom is -0.469 e. The molecule has 17 heavy (non-hydrogen) atoms. The highest BCUT2D eigenvalue weighted by Gasteiger charge is 2.14. The number of alkyl halides is 2. The van der Waals surface area contributed by atoms with Crippen LogP contribution < -0.4 is 4.74 Å². The minimum absolute atomic E-state index is 0.0798. The van der Waals surface area contributed by atoms with Gasteiger partial charge in [0.1, 0.15) is 5.75 Å². The van der Waals surface area contributed by atoms with Gasteiger partial charge < -0.3 is 9.47 Å². The Hall–Kier alpha value is -1.36. The Bertz CT molecular complexity index is 396. The number of carbonyl (C=O) groups is 1. The van der Waals surface area contributed by atoms with Crippen molar-refractivity contribution in [2.45, 2.75) is 19.5 Å². The first-order valence-corrected chi connectivity index (χ1v) is 5.21. The SMILES string of the molecule is COC(=O)CCc1cccc(Cl)c1OC(F)F. The standard InChI is InChI=1S/C11H11ClF2O3/c1-16-9(15)6-5-7-3-2-4-8(12)10(7)17-11(13)14/h2-4,11H,5-6H2,1H3. The summed E-state index contributed by atoms with van der Waals surface area (Å²) in [6.07, 6.45) is 0.311. The van der Waals surface area contributed by atoms with Crippen molar-refractivity contribution in [2.24, 2.45) is 0 Å². The molecule has 0 aromatic heterocycles. The van der Waals surface area contributed by atoms with Crippen molar-refractivity contribution in [2.75, 3.05) is 7.11 Å². The van der Waals surface area contributed by atoms with Gasteiger partial charge in [-0.2, -0.15) is 8.78 Å². The fourth-order valence-corrected chi connectivity index (χ4v) is 1.55. The summed E-state index contributed by atoms with van der Waals surface area (Å²) in [5, 5.41) is 0.0904. The number of benzene rings is 1. The van der Waals surface area contributed by atoms with Crippen molar-refractivity contribution in [3.05, 3.63) is 28.8 Å². The van der Waals surface area contributed by atoms with E-state index in [1.807, 2.05) is 0 Å². The lowest BCUT2D eigenvalue weighted by atomic mass is 10.1. The second-order valence-electron chi connectivity index (χ2n) is 3.18. The molecule has 0 fully saturated rings. The maximum atomic E-state index is 12.2. The molecular formula is C11H11ClF2O3. The highest BCUT2D eigenvalue weighted by Crippen LogP contribution is 2.30. The zero-order valence-corrected chi connectivity index (χ0v) is 9.84. The maximum Gasteiger partial charge on any atom is 0.387 e. The van der Waals surface area contributed by atoms with Gasteiger partial charge >= 0.3 is 12.6 Å². The summed E-state index contributed by atoms with van der Waals surface area (Å²) in [5.74, 6) is -0.513. The number of carbonyl (C=O) groups excluding carboxylic acids is 1. The molecule has 0 saturated heterocycles. The summed E-state index contributed by atoms with van der Waals surface area (Å²) in [6.45, 7) is -2.95. The smallest absolute Gasteiger partial charge is 0.387 e. The number of esters is 1. The van der Waals surface area contributed by atoms with Crippen molar-refractivity contribution in [1.29, 1.82) is 0 Å². The number of hydrogen-bond acceptors (Lipinski definition) is 3. The van der Waals surface area contributed by atoms with Crippen LogP contribution in [-0.4, -0.2) is 19.7 Å². The number of ether oxygens (including phenoxy) is 2. The predicted octanol–water partition coefficient (Wildman–Crippen LogP) is 3.05.